The lowest BCUT2D eigenvalue weighted by Crippen LogP contribution is -2.31. The molecule has 150 valence electrons. The second-order valence-electron chi connectivity index (χ2n) is 7.49. The maximum Gasteiger partial charge on any atom is 0.268 e. The Balaban J connectivity index is 1.55. The molecular formula is C21H26F4O2. The summed E-state index contributed by atoms with van der Waals surface area (Å²) in [6.45, 7) is 2.52. The molecule has 1 heterocycles. The van der Waals surface area contributed by atoms with Gasteiger partial charge >= 0.3 is 0 Å². The third kappa shape index (κ3) is 4.84. The van der Waals surface area contributed by atoms with Crippen LogP contribution in [0, 0.1) is 23.5 Å². The van der Waals surface area contributed by atoms with Crippen LogP contribution in [0.2, 0.25) is 0 Å². The standard InChI is InChI=1S/C21H26F4O2/c1-2-26-18-10-9-17(20(24)21(18)25)14-5-3-13(4-6-14)15-7-8-16(27-12-15)11-19(22)23/h9-11,13-16H,2-8,12H2,1H3. The fourth-order valence-corrected chi connectivity index (χ4v) is 4.47. The number of benzene rings is 1. The zero-order valence-corrected chi connectivity index (χ0v) is 15.5. The van der Waals surface area contributed by atoms with E-state index < -0.39 is 23.8 Å². The number of ether oxygens (including phenoxy) is 2. The van der Waals surface area contributed by atoms with E-state index in [2.05, 4.69) is 0 Å². The molecule has 0 aromatic heterocycles. The number of rotatable bonds is 5. The van der Waals surface area contributed by atoms with E-state index in [4.69, 9.17) is 9.47 Å². The van der Waals surface area contributed by atoms with Gasteiger partial charge in [-0.15, -0.1) is 0 Å². The molecule has 2 unspecified atom stereocenters. The average molecular weight is 386 g/mol. The largest absolute Gasteiger partial charge is 0.491 e. The molecule has 2 fully saturated rings. The molecule has 0 bridgehead atoms. The Morgan fingerprint density at radius 2 is 1.74 bits per heavy atom. The maximum absolute atomic E-state index is 14.4. The highest BCUT2D eigenvalue weighted by molar-refractivity contribution is 5.33. The molecule has 1 aliphatic carbocycles. The van der Waals surface area contributed by atoms with Gasteiger partial charge in [0, 0.05) is 6.08 Å². The molecule has 0 spiro atoms. The predicted octanol–water partition coefficient (Wildman–Crippen LogP) is 6.21. The smallest absolute Gasteiger partial charge is 0.268 e. The molecule has 1 aromatic carbocycles. The molecule has 0 radical (unpaired) electrons. The van der Waals surface area contributed by atoms with Gasteiger partial charge in [0.1, 0.15) is 0 Å². The Hall–Kier alpha value is -1.56. The lowest BCUT2D eigenvalue weighted by Gasteiger charge is -2.37. The third-order valence-corrected chi connectivity index (χ3v) is 5.91. The SMILES string of the molecule is CCOc1ccc(C2CCC(C3CCC(C=C(F)F)OC3)CC2)c(F)c1F. The molecule has 6 heteroatoms. The Kier molecular flexibility index (Phi) is 6.79. The molecule has 1 saturated heterocycles. The normalized spacial score (nSPS) is 28.6. The number of hydrogen-bond acceptors (Lipinski definition) is 2. The van der Waals surface area contributed by atoms with E-state index in [0.717, 1.165) is 38.2 Å². The molecular weight excluding hydrogens is 360 g/mol. The average Bonchev–Trinajstić information content (AvgIpc) is 2.66. The van der Waals surface area contributed by atoms with E-state index >= 15 is 0 Å². The molecule has 2 aliphatic rings. The van der Waals surface area contributed by atoms with Crippen LogP contribution in [0.25, 0.3) is 0 Å². The monoisotopic (exact) mass is 386 g/mol. The fraction of sp³-hybridized carbons (Fsp3) is 0.619. The summed E-state index contributed by atoms with van der Waals surface area (Å²) in [6, 6.07) is 3.15. The summed E-state index contributed by atoms with van der Waals surface area (Å²) in [5, 5.41) is 0. The minimum absolute atomic E-state index is 0.00671. The summed E-state index contributed by atoms with van der Waals surface area (Å²) in [4.78, 5) is 0. The predicted molar refractivity (Wildman–Crippen MR) is 95.0 cm³/mol. The van der Waals surface area contributed by atoms with Crippen molar-refractivity contribution in [3.63, 3.8) is 0 Å². The maximum atomic E-state index is 14.4. The first-order valence-electron chi connectivity index (χ1n) is 9.74. The second-order valence-corrected chi connectivity index (χ2v) is 7.49. The Morgan fingerprint density at radius 3 is 2.33 bits per heavy atom. The van der Waals surface area contributed by atoms with Crippen LogP contribution in [0.3, 0.4) is 0 Å². The first kappa shape index (κ1) is 20.2. The Bertz CT molecular complexity index is 656. The zero-order chi connectivity index (χ0) is 19.4. The van der Waals surface area contributed by atoms with Crippen LogP contribution in [-0.4, -0.2) is 19.3 Å². The van der Waals surface area contributed by atoms with Crippen LogP contribution in [0.1, 0.15) is 56.9 Å². The summed E-state index contributed by atoms with van der Waals surface area (Å²) >= 11 is 0. The Morgan fingerprint density at radius 1 is 1.04 bits per heavy atom. The van der Waals surface area contributed by atoms with E-state index in [-0.39, 0.29) is 11.7 Å². The lowest BCUT2D eigenvalue weighted by molar-refractivity contribution is -0.0164. The van der Waals surface area contributed by atoms with Crippen molar-refractivity contribution in [2.75, 3.05) is 13.2 Å². The summed E-state index contributed by atoms with van der Waals surface area (Å²) in [5.41, 5.74) is 0.429. The minimum Gasteiger partial charge on any atom is -0.491 e. The summed E-state index contributed by atoms with van der Waals surface area (Å²) in [5.74, 6) is -0.922. The third-order valence-electron chi connectivity index (χ3n) is 5.91. The van der Waals surface area contributed by atoms with Gasteiger partial charge in [-0.3, -0.25) is 0 Å². The van der Waals surface area contributed by atoms with Gasteiger partial charge in [0.05, 0.1) is 19.3 Å². The minimum atomic E-state index is -1.69. The fourth-order valence-electron chi connectivity index (χ4n) is 4.47. The van der Waals surface area contributed by atoms with Gasteiger partial charge in [-0.05, 0) is 74.8 Å². The van der Waals surface area contributed by atoms with Gasteiger partial charge in [-0.2, -0.15) is 13.2 Å². The van der Waals surface area contributed by atoms with Crippen molar-refractivity contribution < 1.29 is 27.0 Å². The first-order chi connectivity index (χ1) is 13.0. The van der Waals surface area contributed by atoms with Crippen LogP contribution < -0.4 is 4.74 Å². The quantitative estimate of drug-likeness (QED) is 0.560. The van der Waals surface area contributed by atoms with E-state index in [9.17, 15) is 17.6 Å². The molecule has 0 amide bonds. The zero-order valence-electron chi connectivity index (χ0n) is 15.5. The Labute approximate surface area is 157 Å². The van der Waals surface area contributed by atoms with Crippen LogP contribution >= 0.6 is 0 Å². The van der Waals surface area contributed by atoms with Crippen molar-refractivity contribution >= 4 is 0 Å². The van der Waals surface area contributed by atoms with Crippen LogP contribution in [0.15, 0.2) is 24.3 Å². The highest BCUT2D eigenvalue weighted by Crippen LogP contribution is 2.42. The highest BCUT2D eigenvalue weighted by atomic mass is 19.3. The molecule has 27 heavy (non-hydrogen) atoms. The first-order valence-corrected chi connectivity index (χ1v) is 9.74. The summed E-state index contributed by atoms with van der Waals surface area (Å²) in [6.07, 6.45) is 3.64. The van der Waals surface area contributed by atoms with Crippen molar-refractivity contribution in [3.8, 4) is 5.75 Å². The van der Waals surface area contributed by atoms with Crippen molar-refractivity contribution in [1.29, 1.82) is 0 Å². The molecule has 1 aliphatic heterocycles. The number of hydrogen-bond donors (Lipinski definition) is 0. The topological polar surface area (TPSA) is 18.5 Å². The van der Waals surface area contributed by atoms with Gasteiger partial charge in [0.2, 0.25) is 5.82 Å². The highest BCUT2D eigenvalue weighted by Gasteiger charge is 2.33. The van der Waals surface area contributed by atoms with E-state index in [1.54, 1.807) is 13.0 Å². The molecule has 3 rings (SSSR count). The molecule has 1 saturated carbocycles. The summed E-state index contributed by atoms with van der Waals surface area (Å²) in [7, 11) is 0. The van der Waals surface area contributed by atoms with Crippen LogP contribution in [0.5, 0.6) is 5.75 Å². The molecule has 0 N–H and O–H groups in total. The molecule has 2 nitrogen and oxygen atoms in total. The van der Waals surface area contributed by atoms with Crippen molar-refractivity contribution in [2.24, 2.45) is 11.8 Å². The molecule has 2 atom stereocenters. The van der Waals surface area contributed by atoms with Gasteiger partial charge in [-0.1, -0.05) is 6.07 Å². The summed E-state index contributed by atoms with van der Waals surface area (Å²) < 4.78 is 63.9. The van der Waals surface area contributed by atoms with Gasteiger partial charge in [0.15, 0.2) is 11.6 Å². The van der Waals surface area contributed by atoms with Gasteiger partial charge in [-0.25, -0.2) is 4.39 Å². The molecule has 1 aromatic rings. The van der Waals surface area contributed by atoms with Crippen molar-refractivity contribution in [3.05, 3.63) is 41.5 Å². The van der Waals surface area contributed by atoms with E-state index in [1.807, 2.05) is 0 Å². The number of halogens is 4. The lowest BCUT2D eigenvalue weighted by atomic mass is 9.72. The van der Waals surface area contributed by atoms with Gasteiger partial charge in [0.25, 0.3) is 6.08 Å². The van der Waals surface area contributed by atoms with Gasteiger partial charge < -0.3 is 9.47 Å². The van der Waals surface area contributed by atoms with Crippen LogP contribution in [0.4, 0.5) is 17.6 Å². The van der Waals surface area contributed by atoms with Crippen LogP contribution in [-0.2, 0) is 4.74 Å². The van der Waals surface area contributed by atoms with E-state index in [0.29, 0.717) is 37.0 Å². The van der Waals surface area contributed by atoms with E-state index in [1.165, 1.54) is 6.07 Å². The van der Waals surface area contributed by atoms with Crippen molar-refractivity contribution in [2.45, 2.75) is 57.5 Å². The second kappa shape index (κ2) is 9.09. The van der Waals surface area contributed by atoms with Crippen molar-refractivity contribution in [1.82, 2.24) is 0 Å².